The second-order valence-electron chi connectivity index (χ2n) is 20.9. The molecule has 0 aromatic carbocycles. The van der Waals surface area contributed by atoms with Crippen LogP contribution in [0.1, 0.15) is 284 Å². The highest BCUT2D eigenvalue weighted by atomic mass is 16.6. The Hall–Kier alpha value is -4.45. The van der Waals surface area contributed by atoms with Crippen LogP contribution in [0.3, 0.4) is 0 Å². The maximum absolute atomic E-state index is 12.9. The molecule has 0 heterocycles. The molecule has 0 aliphatic carbocycles. The van der Waals surface area contributed by atoms with Crippen LogP contribution in [0.2, 0.25) is 0 Å². The molecule has 0 aliphatic rings. The summed E-state index contributed by atoms with van der Waals surface area (Å²) in [5.41, 5.74) is 0. The van der Waals surface area contributed by atoms with Gasteiger partial charge in [-0.25, -0.2) is 0 Å². The first kappa shape index (κ1) is 73.5. The number of esters is 3. The molecule has 0 saturated heterocycles. The number of rotatable bonds is 57. The van der Waals surface area contributed by atoms with Gasteiger partial charge in [-0.1, -0.05) is 283 Å². The summed E-state index contributed by atoms with van der Waals surface area (Å²) in [6.45, 7) is 6.39. The van der Waals surface area contributed by atoms with Gasteiger partial charge in [-0.2, -0.15) is 0 Å². The van der Waals surface area contributed by atoms with Crippen LogP contribution in [0.25, 0.3) is 0 Å². The fraction of sp³-hybridized carbons (Fsp3) is 0.653. The fourth-order valence-electron chi connectivity index (χ4n) is 8.65. The van der Waals surface area contributed by atoms with Crippen LogP contribution in [0.4, 0.5) is 0 Å². The molecular weight excluding hydrogens is 961 g/mol. The van der Waals surface area contributed by atoms with Crippen LogP contribution < -0.4 is 0 Å². The van der Waals surface area contributed by atoms with E-state index in [0.29, 0.717) is 19.3 Å². The summed E-state index contributed by atoms with van der Waals surface area (Å²) in [5, 5.41) is 0. The molecule has 1 atom stereocenters. The molecule has 0 fully saturated rings. The Balaban J connectivity index is 4.34. The van der Waals surface area contributed by atoms with E-state index in [2.05, 4.69) is 154 Å². The predicted molar refractivity (Wildman–Crippen MR) is 339 cm³/mol. The van der Waals surface area contributed by atoms with Crippen molar-refractivity contribution in [2.75, 3.05) is 13.2 Å². The van der Waals surface area contributed by atoms with E-state index < -0.39 is 6.10 Å². The summed E-state index contributed by atoms with van der Waals surface area (Å²) in [5.74, 6) is -0.935. The fourth-order valence-corrected chi connectivity index (χ4v) is 8.65. The maximum Gasteiger partial charge on any atom is 0.306 e. The van der Waals surface area contributed by atoms with E-state index >= 15 is 0 Å². The average molecular weight is 1080 g/mol. The number of carbonyl (C=O) groups excluding carboxylic acids is 3. The molecule has 0 amide bonds. The van der Waals surface area contributed by atoms with Crippen molar-refractivity contribution in [1.82, 2.24) is 0 Å². The van der Waals surface area contributed by atoms with Gasteiger partial charge in [0.2, 0.25) is 0 Å². The van der Waals surface area contributed by atoms with Gasteiger partial charge < -0.3 is 14.2 Å². The molecule has 442 valence electrons. The first-order chi connectivity index (χ1) is 38.5. The number of hydrogen-bond donors (Lipinski definition) is 0. The zero-order valence-electron chi connectivity index (χ0n) is 50.6. The van der Waals surface area contributed by atoms with E-state index in [1.165, 1.54) is 96.3 Å². The second kappa shape index (κ2) is 65.1. The molecule has 78 heavy (non-hydrogen) atoms. The third kappa shape index (κ3) is 62.4. The minimum absolute atomic E-state index is 0.0967. The Morgan fingerprint density at radius 1 is 0.269 bits per heavy atom. The Morgan fingerprint density at radius 2 is 0.500 bits per heavy atom. The van der Waals surface area contributed by atoms with Crippen molar-refractivity contribution in [2.45, 2.75) is 290 Å². The van der Waals surface area contributed by atoms with Crippen LogP contribution in [0.5, 0.6) is 0 Å². The SMILES string of the molecule is CC/C=C\C/C=C\C/C=C\C/C=C\C/C=C\C/C=C\C/C=C\C/C=C\CCCCCCCCC(=O)OCC(COC(=O)CCCCC/C=C\C/C=C\C/C=C\CC)OC(=O)CCCCCCCCCCCCCCCCCC. The molecule has 0 aliphatic heterocycles. The molecule has 0 radical (unpaired) electrons. The number of allylic oxidation sites excluding steroid dienone is 22. The minimum Gasteiger partial charge on any atom is -0.462 e. The molecule has 0 rings (SSSR count). The molecule has 0 bridgehead atoms. The molecule has 0 aromatic rings. The molecule has 1 unspecified atom stereocenters. The van der Waals surface area contributed by atoms with Crippen LogP contribution in [-0.4, -0.2) is 37.2 Å². The largest absolute Gasteiger partial charge is 0.462 e. The summed E-state index contributed by atoms with van der Waals surface area (Å²) in [6.07, 6.45) is 91.8. The van der Waals surface area contributed by atoms with E-state index in [4.69, 9.17) is 14.2 Å². The molecule has 0 aromatic heterocycles. The van der Waals surface area contributed by atoms with Crippen LogP contribution in [0.15, 0.2) is 134 Å². The van der Waals surface area contributed by atoms with Crippen molar-refractivity contribution in [1.29, 1.82) is 0 Å². The molecule has 6 nitrogen and oxygen atoms in total. The number of unbranched alkanes of at least 4 members (excludes halogenated alkanes) is 24. The van der Waals surface area contributed by atoms with Crippen molar-refractivity contribution >= 4 is 17.9 Å². The quantitative estimate of drug-likeness (QED) is 0.0261. The standard InChI is InChI=1S/C72H118O6/c1-4-7-10-13-16-19-22-25-27-29-30-31-32-33-34-35-36-37-38-39-40-41-42-43-45-47-50-53-56-59-62-65-71(74)77-68-69(67-76-70(73)64-61-58-55-52-49-46-24-21-18-15-12-9-6-3)78-72(75)66-63-60-57-54-51-48-44-28-26-23-20-17-14-11-8-5-2/h7,9-10,12,16,18-19,21,25,27,30-31,33-34,36-37,39-40,42-43,46,49,69H,4-6,8,11,13-15,17,20,22-24,26,28-29,32,35,38,41,44-45,47-48,50-68H2,1-3H3/b10-7-,12-9-,19-16-,21-18-,27-25-,31-30-,34-33-,37-36-,40-39-,43-42-,49-46-. The lowest BCUT2D eigenvalue weighted by Crippen LogP contribution is -2.30. The van der Waals surface area contributed by atoms with Crippen LogP contribution >= 0.6 is 0 Å². The summed E-state index contributed by atoms with van der Waals surface area (Å²) >= 11 is 0. The lowest BCUT2D eigenvalue weighted by molar-refractivity contribution is -0.167. The van der Waals surface area contributed by atoms with Gasteiger partial charge in [-0.05, 0) is 116 Å². The normalized spacial score (nSPS) is 13.0. The minimum atomic E-state index is -0.799. The Labute approximate surface area is 481 Å². The number of carbonyl (C=O) groups is 3. The molecule has 6 heteroatoms. The van der Waals surface area contributed by atoms with Gasteiger partial charge in [-0.15, -0.1) is 0 Å². The van der Waals surface area contributed by atoms with Gasteiger partial charge >= 0.3 is 17.9 Å². The number of hydrogen-bond acceptors (Lipinski definition) is 6. The van der Waals surface area contributed by atoms with Crippen molar-refractivity contribution in [2.24, 2.45) is 0 Å². The van der Waals surface area contributed by atoms with Gasteiger partial charge in [0.15, 0.2) is 6.10 Å². The smallest absolute Gasteiger partial charge is 0.306 e. The van der Waals surface area contributed by atoms with E-state index in [9.17, 15) is 14.4 Å². The average Bonchev–Trinajstić information content (AvgIpc) is 3.44. The maximum atomic E-state index is 12.9. The molecule has 0 saturated carbocycles. The third-order valence-electron chi connectivity index (χ3n) is 13.4. The first-order valence-electron chi connectivity index (χ1n) is 32.2. The Kier molecular flexibility index (Phi) is 61.4. The second-order valence-corrected chi connectivity index (χ2v) is 20.9. The summed E-state index contributed by atoms with van der Waals surface area (Å²) in [6, 6.07) is 0. The summed E-state index contributed by atoms with van der Waals surface area (Å²) in [4.78, 5) is 38.3. The van der Waals surface area contributed by atoms with Gasteiger partial charge in [0, 0.05) is 19.3 Å². The highest BCUT2D eigenvalue weighted by Gasteiger charge is 2.19. The van der Waals surface area contributed by atoms with E-state index in [0.717, 1.165) is 148 Å². The summed E-state index contributed by atoms with van der Waals surface area (Å²) < 4.78 is 16.9. The van der Waals surface area contributed by atoms with Gasteiger partial charge in [0.05, 0.1) is 0 Å². The summed E-state index contributed by atoms with van der Waals surface area (Å²) in [7, 11) is 0. The highest BCUT2D eigenvalue weighted by molar-refractivity contribution is 5.71. The van der Waals surface area contributed by atoms with Gasteiger partial charge in [-0.3, -0.25) is 14.4 Å². The van der Waals surface area contributed by atoms with Crippen molar-refractivity contribution in [3.05, 3.63) is 134 Å². The monoisotopic (exact) mass is 1080 g/mol. The zero-order valence-corrected chi connectivity index (χ0v) is 50.6. The van der Waals surface area contributed by atoms with Crippen LogP contribution in [-0.2, 0) is 28.6 Å². The number of ether oxygens (including phenoxy) is 3. The Bertz CT molecular complexity index is 1670. The van der Waals surface area contributed by atoms with Crippen LogP contribution in [0, 0.1) is 0 Å². The van der Waals surface area contributed by atoms with Crippen molar-refractivity contribution in [3.63, 3.8) is 0 Å². The molecular formula is C72H118O6. The zero-order chi connectivity index (χ0) is 56.4. The van der Waals surface area contributed by atoms with Gasteiger partial charge in [0.1, 0.15) is 13.2 Å². The Morgan fingerprint density at radius 3 is 0.795 bits per heavy atom. The lowest BCUT2D eigenvalue weighted by atomic mass is 10.0. The van der Waals surface area contributed by atoms with E-state index in [-0.39, 0.29) is 31.1 Å². The first-order valence-corrected chi connectivity index (χ1v) is 32.2. The molecule has 0 spiro atoms. The lowest BCUT2D eigenvalue weighted by Gasteiger charge is -2.18. The van der Waals surface area contributed by atoms with Crippen molar-refractivity contribution in [3.8, 4) is 0 Å². The predicted octanol–water partition coefficient (Wildman–Crippen LogP) is 22.2. The van der Waals surface area contributed by atoms with Gasteiger partial charge in [0.25, 0.3) is 0 Å². The molecule has 0 N–H and O–H groups in total. The highest BCUT2D eigenvalue weighted by Crippen LogP contribution is 2.16. The van der Waals surface area contributed by atoms with E-state index in [1.807, 2.05) is 0 Å². The van der Waals surface area contributed by atoms with Crippen molar-refractivity contribution < 1.29 is 28.6 Å². The van der Waals surface area contributed by atoms with E-state index in [1.54, 1.807) is 0 Å². The topological polar surface area (TPSA) is 78.9 Å². The third-order valence-corrected chi connectivity index (χ3v) is 13.4.